The van der Waals surface area contributed by atoms with Gasteiger partial charge >= 0.3 is 0 Å². The molecular weight excluding hydrogens is 332 g/mol. The lowest BCUT2D eigenvalue weighted by molar-refractivity contribution is -0.231. The van der Waals surface area contributed by atoms with E-state index in [2.05, 4.69) is 10.5 Å². The van der Waals surface area contributed by atoms with Crippen LogP contribution in [-0.4, -0.2) is 47.7 Å². The fourth-order valence-electron chi connectivity index (χ4n) is 3.31. The Kier molecular flexibility index (Phi) is 3.98. The summed E-state index contributed by atoms with van der Waals surface area (Å²) in [5, 5.41) is 17.7. The van der Waals surface area contributed by atoms with Gasteiger partial charge in [-0.2, -0.15) is 0 Å². The van der Waals surface area contributed by atoms with Crippen LogP contribution in [0, 0.1) is 0 Å². The average molecular weight is 351 g/mol. The Balaban J connectivity index is 1.25. The van der Waals surface area contributed by atoms with Crippen molar-refractivity contribution in [1.29, 1.82) is 0 Å². The number of hydrogen-bond acceptors (Lipinski definition) is 5. The van der Waals surface area contributed by atoms with Crippen molar-refractivity contribution in [2.24, 2.45) is 5.16 Å². The minimum absolute atomic E-state index is 0.148. The second-order valence-electron chi connectivity index (χ2n) is 6.82. The van der Waals surface area contributed by atoms with E-state index in [1.54, 1.807) is 0 Å². The van der Waals surface area contributed by atoms with Gasteiger partial charge in [-0.3, -0.25) is 4.79 Å². The summed E-state index contributed by atoms with van der Waals surface area (Å²) in [5.41, 5.74) is 0.579. The molecule has 1 unspecified atom stereocenters. The molecule has 1 saturated carbocycles. The summed E-state index contributed by atoms with van der Waals surface area (Å²) in [7, 11) is 0. The van der Waals surface area contributed by atoms with Crippen LogP contribution in [0.4, 0.5) is 0 Å². The fourth-order valence-corrected chi connectivity index (χ4v) is 3.43. The van der Waals surface area contributed by atoms with Crippen molar-refractivity contribution in [2.45, 2.75) is 42.9 Å². The molecule has 2 aliphatic heterocycles. The molecule has 0 radical (unpaired) electrons. The highest BCUT2D eigenvalue weighted by molar-refractivity contribution is 6.39. The molecule has 1 amide bonds. The number of carbonyl (C=O) groups is 1. The maximum atomic E-state index is 12.3. The largest absolute Gasteiger partial charge is 0.388 e. The van der Waals surface area contributed by atoms with Gasteiger partial charge in [-0.25, -0.2) is 0 Å². The lowest BCUT2D eigenvalue weighted by atomic mass is 9.76. The molecule has 4 rings (SSSR count). The van der Waals surface area contributed by atoms with Crippen LogP contribution in [0.1, 0.15) is 30.7 Å². The molecule has 3 aliphatic rings. The van der Waals surface area contributed by atoms with Crippen LogP contribution in [0.3, 0.4) is 0 Å². The first-order valence-electron chi connectivity index (χ1n) is 8.13. The SMILES string of the molecule is O=C(NC1CC(c2ccc(Cl)cc2)C1)C1=NOC(C2(O)COC2)C1. The molecule has 128 valence electrons. The summed E-state index contributed by atoms with van der Waals surface area (Å²) in [4.78, 5) is 17.5. The monoisotopic (exact) mass is 350 g/mol. The van der Waals surface area contributed by atoms with Gasteiger partial charge < -0.3 is 20.0 Å². The highest BCUT2D eigenvalue weighted by Crippen LogP contribution is 2.37. The molecule has 2 N–H and O–H groups in total. The number of benzene rings is 1. The van der Waals surface area contributed by atoms with Crippen molar-refractivity contribution in [2.75, 3.05) is 13.2 Å². The number of amides is 1. The summed E-state index contributed by atoms with van der Waals surface area (Å²) in [6, 6.07) is 8.00. The van der Waals surface area contributed by atoms with E-state index in [9.17, 15) is 9.90 Å². The number of oxime groups is 1. The molecule has 0 spiro atoms. The first-order valence-corrected chi connectivity index (χ1v) is 8.50. The van der Waals surface area contributed by atoms with Crippen molar-refractivity contribution in [3.8, 4) is 0 Å². The molecule has 1 aromatic carbocycles. The first-order chi connectivity index (χ1) is 11.5. The van der Waals surface area contributed by atoms with E-state index in [-0.39, 0.29) is 25.2 Å². The Morgan fingerprint density at radius 2 is 2.00 bits per heavy atom. The first kappa shape index (κ1) is 15.9. The predicted molar refractivity (Wildman–Crippen MR) is 88.1 cm³/mol. The van der Waals surface area contributed by atoms with Crippen molar-refractivity contribution >= 4 is 23.2 Å². The van der Waals surface area contributed by atoms with E-state index >= 15 is 0 Å². The maximum Gasteiger partial charge on any atom is 0.269 e. The third-order valence-corrected chi connectivity index (χ3v) is 5.30. The Bertz CT molecular complexity index is 666. The van der Waals surface area contributed by atoms with Crippen LogP contribution in [0.2, 0.25) is 5.02 Å². The van der Waals surface area contributed by atoms with Gasteiger partial charge in [0.25, 0.3) is 5.91 Å². The smallest absolute Gasteiger partial charge is 0.269 e. The standard InChI is InChI=1S/C17H19ClN2O4/c18-12-3-1-10(2-4-12)11-5-13(6-11)19-16(21)14-7-15(24-20-14)17(22)8-23-9-17/h1-4,11,13,15,22H,5-9H2,(H,19,21). The number of halogens is 1. The topological polar surface area (TPSA) is 80.2 Å². The number of nitrogens with zero attached hydrogens (tertiary/aromatic N) is 1. The van der Waals surface area contributed by atoms with E-state index in [0.29, 0.717) is 18.1 Å². The fraction of sp³-hybridized carbons (Fsp3) is 0.529. The third kappa shape index (κ3) is 2.90. The zero-order valence-corrected chi connectivity index (χ0v) is 13.8. The second kappa shape index (κ2) is 6.02. The molecule has 2 fully saturated rings. The lowest BCUT2D eigenvalue weighted by Crippen LogP contribution is -2.58. The van der Waals surface area contributed by atoms with Gasteiger partial charge in [-0.1, -0.05) is 28.9 Å². The molecule has 0 bridgehead atoms. The molecule has 7 heteroatoms. The number of ether oxygens (including phenoxy) is 1. The molecule has 1 aliphatic carbocycles. The van der Waals surface area contributed by atoms with Gasteiger partial charge in [0.15, 0.2) is 11.7 Å². The molecule has 1 aromatic rings. The van der Waals surface area contributed by atoms with E-state index in [1.165, 1.54) is 5.56 Å². The van der Waals surface area contributed by atoms with Crippen LogP contribution in [-0.2, 0) is 14.4 Å². The van der Waals surface area contributed by atoms with Crippen LogP contribution >= 0.6 is 11.6 Å². The van der Waals surface area contributed by atoms with Crippen LogP contribution in [0.15, 0.2) is 29.4 Å². The van der Waals surface area contributed by atoms with E-state index in [1.807, 2.05) is 24.3 Å². The Hall–Kier alpha value is -1.63. The number of nitrogens with one attached hydrogen (secondary N) is 1. The van der Waals surface area contributed by atoms with Crippen molar-refractivity contribution in [3.05, 3.63) is 34.9 Å². The number of aliphatic hydroxyl groups is 1. The van der Waals surface area contributed by atoms with E-state index in [0.717, 1.165) is 17.9 Å². The van der Waals surface area contributed by atoms with Gasteiger partial charge in [0, 0.05) is 17.5 Å². The van der Waals surface area contributed by atoms with Crippen LogP contribution < -0.4 is 5.32 Å². The second-order valence-corrected chi connectivity index (χ2v) is 7.26. The zero-order valence-electron chi connectivity index (χ0n) is 13.1. The van der Waals surface area contributed by atoms with Gasteiger partial charge in [-0.15, -0.1) is 0 Å². The summed E-state index contributed by atoms with van der Waals surface area (Å²) < 4.78 is 5.01. The summed E-state index contributed by atoms with van der Waals surface area (Å²) in [5.74, 6) is 0.246. The summed E-state index contributed by atoms with van der Waals surface area (Å²) in [6.07, 6.45) is 1.64. The number of hydrogen-bond donors (Lipinski definition) is 2. The summed E-state index contributed by atoms with van der Waals surface area (Å²) in [6.45, 7) is 0.459. The van der Waals surface area contributed by atoms with Gasteiger partial charge in [0.05, 0.1) is 13.2 Å². The average Bonchev–Trinajstić information content (AvgIpc) is 2.99. The van der Waals surface area contributed by atoms with Crippen molar-refractivity contribution in [1.82, 2.24) is 5.32 Å². The molecular formula is C17H19ClN2O4. The number of carbonyl (C=O) groups excluding carboxylic acids is 1. The van der Waals surface area contributed by atoms with E-state index in [4.69, 9.17) is 21.2 Å². The van der Waals surface area contributed by atoms with Crippen LogP contribution in [0.5, 0.6) is 0 Å². The molecule has 1 saturated heterocycles. The normalized spacial score (nSPS) is 30.6. The minimum atomic E-state index is -1.01. The van der Waals surface area contributed by atoms with Crippen molar-refractivity contribution < 1.29 is 19.5 Å². The van der Waals surface area contributed by atoms with E-state index < -0.39 is 11.7 Å². The number of rotatable bonds is 4. The predicted octanol–water partition coefficient (Wildman–Crippen LogP) is 1.61. The van der Waals surface area contributed by atoms with Gasteiger partial charge in [-0.05, 0) is 36.5 Å². The van der Waals surface area contributed by atoms with Crippen molar-refractivity contribution in [3.63, 3.8) is 0 Å². The minimum Gasteiger partial charge on any atom is -0.388 e. The Labute approximate surface area is 144 Å². The zero-order chi connectivity index (χ0) is 16.7. The lowest BCUT2D eigenvalue weighted by Gasteiger charge is -2.39. The maximum absolute atomic E-state index is 12.3. The van der Waals surface area contributed by atoms with Gasteiger partial charge in [0.2, 0.25) is 0 Å². The molecule has 6 nitrogen and oxygen atoms in total. The Morgan fingerprint density at radius 1 is 1.29 bits per heavy atom. The molecule has 0 aromatic heterocycles. The molecule has 1 atom stereocenters. The highest BCUT2D eigenvalue weighted by Gasteiger charge is 2.49. The van der Waals surface area contributed by atoms with Crippen LogP contribution in [0.25, 0.3) is 0 Å². The molecule has 24 heavy (non-hydrogen) atoms. The highest BCUT2D eigenvalue weighted by atomic mass is 35.5. The summed E-state index contributed by atoms with van der Waals surface area (Å²) >= 11 is 5.90. The van der Waals surface area contributed by atoms with Gasteiger partial charge in [0.1, 0.15) is 5.71 Å². The quantitative estimate of drug-likeness (QED) is 0.864. The Morgan fingerprint density at radius 3 is 2.62 bits per heavy atom. The third-order valence-electron chi connectivity index (χ3n) is 5.05. The molecule has 2 heterocycles.